The number of hydrogen-bond acceptors (Lipinski definition) is 4. The van der Waals surface area contributed by atoms with Crippen molar-refractivity contribution in [2.75, 3.05) is 6.61 Å². The van der Waals surface area contributed by atoms with Gasteiger partial charge in [0.15, 0.2) is 5.69 Å². The Morgan fingerprint density at radius 3 is 2.94 bits per heavy atom. The molecule has 1 heterocycles. The monoisotopic (exact) mass is 252 g/mol. The summed E-state index contributed by atoms with van der Waals surface area (Å²) in [4.78, 5) is 12.0. The molecule has 2 N–H and O–H groups in total. The number of aromatic nitrogens is 1. The number of aryl methyl sites for hydroxylation is 1. The molecule has 0 saturated heterocycles. The second-order valence-electron chi connectivity index (χ2n) is 4.98. The van der Waals surface area contributed by atoms with Crippen molar-refractivity contribution in [3.8, 4) is 0 Å². The summed E-state index contributed by atoms with van der Waals surface area (Å²) in [5.74, 6) is 0.571. The summed E-state index contributed by atoms with van der Waals surface area (Å²) in [5, 5.41) is 16.1. The van der Waals surface area contributed by atoms with Gasteiger partial charge in [0.25, 0.3) is 5.91 Å². The summed E-state index contributed by atoms with van der Waals surface area (Å²) in [7, 11) is 0. The molecule has 1 aliphatic carbocycles. The summed E-state index contributed by atoms with van der Waals surface area (Å²) in [5.41, 5.74) is 0.313. The lowest BCUT2D eigenvalue weighted by molar-refractivity contribution is 0.0890. The van der Waals surface area contributed by atoms with E-state index in [0.717, 1.165) is 25.7 Å². The normalized spacial score (nSPS) is 24.6. The van der Waals surface area contributed by atoms with Crippen LogP contribution in [0.2, 0.25) is 0 Å². The number of rotatable bonds is 3. The van der Waals surface area contributed by atoms with Crippen LogP contribution in [-0.4, -0.2) is 28.8 Å². The minimum absolute atomic E-state index is 0.0435. The Kier molecular flexibility index (Phi) is 4.36. The second kappa shape index (κ2) is 6.00. The Hall–Kier alpha value is -1.36. The predicted molar refractivity (Wildman–Crippen MR) is 66.2 cm³/mol. The van der Waals surface area contributed by atoms with E-state index in [-0.39, 0.29) is 24.5 Å². The van der Waals surface area contributed by atoms with Crippen LogP contribution in [0.15, 0.2) is 10.6 Å². The van der Waals surface area contributed by atoms with E-state index < -0.39 is 0 Å². The molecule has 0 aliphatic heterocycles. The first-order valence-electron chi connectivity index (χ1n) is 6.55. The van der Waals surface area contributed by atoms with Gasteiger partial charge in [-0.1, -0.05) is 24.4 Å². The third kappa shape index (κ3) is 3.10. The van der Waals surface area contributed by atoms with Gasteiger partial charge in [-0.05, 0) is 19.8 Å². The van der Waals surface area contributed by atoms with Crippen LogP contribution >= 0.6 is 0 Å². The zero-order valence-electron chi connectivity index (χ0n) is 10.7. The first-order valence-corrected chi connectivity index (χ1v) is 6.55. The Bertz CT molecular complexity index is 403. The van der Waals surface area contributed by atoms with E-state index in [1.807, 2.05) is 0 Å². The number of nitrogens with one attached hydrogen (secondary N) is 1. The molecule has 2 rings (SSSR count). The number of aliphatic hydroxyl groups is 1. The van der Waals surface area contributed by atoms with E-state index in [1.54, 1.807) is 13.0 Å². The highest BCUT2D eigenvalue weighted by atomic mass is 16.5. The van der Waals surface area contributed by atoms with Gasteiger partial charge in [0, 0.05) is 24.6 Å². The van der Waals surface area contributed by atoms with Crippen LogP contribution in [0, 0.1) is 12.8 Å². The molecule has 1 aromatic heterocycles. The van der Waals surface area contributed by atoms with Gasteiger partial charge in [0.05, 0.1) is 0 Å². The van der Waals surface area contributed by atoms with E-state index >= 15 is 0 Å². The fraction of sp³-hybridized carbons (Fsp3) is 0.692. The van der Waals surface area contributed by atoms with Gasteiger partial charge in [-0.25, -0.2) is 0 Å². The van der Waals surface area contributed by atoms with Crippen molar-refractivity contribution in [2.45, 2.75) is 45.1 Å². The van der Waals surface area contributed by atoms with Gasteiger partial charge in [-0.3, -0.25) is 4.79 Å². The smallest absolute Gasteiger partial charge is 0.273 e. The number of aliphatic hydroxyl groups excluding tert-OH is 1. The Balaban J connectivity index is 1.99. The molecule has 0 radical (unpaired) electrons. The van der Waals surface area contributed by atoms with E-state index in [0.29, 0.717) is 11.5 Å². The largest absolute Gasteiger partial charge is 0.396 e. The van der Waals surface area contributed by atoms with E-state index in [2.05, 4.69) is 10.5 Å². The number of nitrogens with zero attached hydrogens (tertiary/aromatic N) is 1. The summed E-state index contributed by atoms with van der Waals surface area (Å²) < 4.78 is 4.89. The van der Waals surface area contributed by atoms with E-state index in [4.69, 9.17) is 4.52 Å². The molecular formula is C13H20N2O3. The number of carbonyl (C=O) groups excluding carboxylic acids is 1. The zero-order valence-corrected chi connectivity index (χ0v) is 10.7. The topological polar surface area (TPSA) is 75.4 Å². The van der Waals surface area contributed by atoms with Crippen LogP contribution < -0.4 is 5.32 Å². The molecule has 0 spiro atoms. The minimum Gasteiger partial charge on any atom is -0.396 e. The van der Waals surface area contributed by atoms with Gasteiger partial charge in [0.1, 0.15) is 5.76 Å². The quantitative estimate of drug-likeness (QED) is 0.802. The summed E-state index contributed by atoms with van der Waals surface area (Å²) in [6.07, 6.45) is 5.29. The number of amides is 1. The van der Waals surface area contributed by atoms with Crippen LogP contribution in [0.4, 0.5) is 0 Å². The maximum Gasteiger partial charge on any atom is 0.273 e. The molecule has 1 aliphatic rings. The molecule has 100 valence electrons. The Morgan fingerprint density at radius 1 is 1.50 bits per heavy atom. The molecule has 1 aromatic rings. The standard InChI is InChI=1S/C13H20N2O3/c1-9-7-12(15-18-9)13(17)14-11-6-4-2-3-5-10(11)8-16/h7,10-11,16H,2-6,8H2,1H3,(H,14,17). The van der Waals surface area contributed by atoms with Crippen molar-refractivity contribution in [2.24, 2.45) is 5.92 Å². The Morgan fingerprint density at radius 2 is 2.28 bits per heavy atom. The summed E-state index contributed by atoms with van der Waals surface area (Å²) >= 11 is 0. The van der Waals surface area contributed by atoms with E-state index in [1.165, 1.54) is 6.42 Å². The van der Waals surface area contributed by atoms with Crippen molar-refractivity contribution >= 4 is 5.91 Å². The maximum absolute atomic E-state index is 12.0. The molecule has 0 aromatic carbocycles. The Labute approximate surface area is 107 Å². The lowest BCUT2D eigenvalue weighted by Crippen LogP contribution is -2.41. The lowest BCUT2D eigenvalue weighted by Gasteiger charge is -2.23. The molecule has 1 fully saturated rings. The molecule has 1 amide bonds. The highest BCUT2D eigenvalue weighted by molar-refractivity contribution is 5.92. The van der Waals surface area contributed by atoms with Crippen molar-refractivity contribution in [1.29, 1.82) is 0 Å². The SMILES string of the molecule is Cc1cc(C(=O)NC2CCCCCC2CO)no1. The number of carbonyl (C=O) groups is 1. The first-order chi connectivity index (χ1) is 8.70. The first kappa shape index (κ1) is 13.1. The third-order valence-electron chi connectivity index (χ3n) is 3.57. The van der Waals surface area contributed by atoms with Gasteiger partial charge in [0.2, 0.25) is 0 Å². The minimum atomic E-state index is -0.211. The highest BCUT2D eigenvalue weighted by Crippen LogP contribution is 2.23. The molecular weight excluding hydrogens is 232 g/mol. The lowest BCUT2D eigenvalue weighted by atomic mass is 9.95. The summed E-state index contributed by atoms with van der Waals surface area (Å²) in [6, 6.07) is 1.67. The molecule has 2 unspecified atom stereocenters. The molecule has 0 bridgehead atoms. The van der Waals surface area contributed by atoms with Crippen molar-refractivity contribution in [3.05, 3.63) is 17.5 Å². The number of hydrogen-bond donors (Lipinski definition) is 2. The van der Waals surface area contributed by atoms with Crippen molar-refractivity contribution in [1.82, 2.24) is 10.5 Å². The molecule has 5 heteroatoms. The van der Waals surface area contributed by atoms with Gasteiger partial charge in [-0.2, -0.15) is 0 Å². The molecule has 1 saturated carbocycles. The van der Waals surface area contributed by atoms with Crippen LogP contribution in [0.25, 0.3) is 0 Å². The predicted octanol–water partition coefficient (Wildman–Crippen LogP) is 1.65. The van der Waals surface area contributed by atoms with Gasteiger partial charge < -0.3 is 14.9 Å². The van der Waals surface area contributed by atoms with Crippen LogP contribution in [0.3, 0.4) is 0 Å². The van der Waals surface area contributed by atoms with Gasteiger partial charge >= 0.3 is 0 Å². The fourth-order valence-corrected chi connectivity index (χ4v) is 2.51. The second-order valence-corrected chi connectivity index (χ2v) is 4.98. The zero-order chi connectivity index (χ0) is 13.0. The maximum atomic E-state index is 12.0. The van der Waals surface area contributed by atoms with E-state index in [9.17, 15) is 9.90 Å². The van der Waals surface area contributed by atoms with Crippen molar-refractivity contribution in [3.63, 3.8) is 0 Å². The molecule has 5 nitrogen and oxygen atoms in total. The molecule has 18 heavy (non-hydrogen) atoms. The fourth-order valence-electron chi connectivity index (χ4n) is 2.51. The van der Waals surface area contributed by atoms with Crippen molar-refractivity contribution < 1.29 is 14.4 Å². The average Bonchev–Trinajstić information content (AvgIpc) is 2.67. The van der Waals surface area contributed by atoms with Crippen LogP contribution in [-0.2, 0) is 0 Å². The van der Waals surface area contributed by atoms with Crippen LogP contribution in [0.1, 0.15) is 48.4 Å². The average molecular weight is 252 g/mol. The molecule has 2 atom stereocenters. The van der Waals surface area contributed by atoms with Crippen LogP contribution in [0.5, 0.6) is 0 Å². The highest BCUT2D eigenvalue weighted by Gasteiger charge is 2.25. The third-order valence-corrected chi connectivity index (χ3v) is 3.57. The van der Waals surface area contributed by atoms with Gasteiger partial charge in [-0.15, -0.1) is 0 Å². The summed E-state index contributed by atoms with van der Waals surface area (Å²) in [6.45, 7) is 1.88.